The van der Waals surface area contributed by atoms with Crippen molar-refractivity contribution >= 4 is 27.7 Å². The molecule has 0 heterocycles. The van der Waals surface area contributed by atoms with Gasteiger partial charge in [0.15, 0.2) is 6.61 Å². The van der Waals surface area contributed by atoms with Gasteiger partial charge in [-0.05, 0) is 56.5 Å². The van der Waals surface area contributed by atoms with Crippen LogP contribution in [0.25, 0.3) is 0 Å². The Hall–Kier alpha value is -2.34. The fraction of sp³-hybridized carbons (Fsp3) is 0.440. The van der Waals surface area contributed by atoms with Gasteiger partial charge in [0.2, 0.25) is 5.91 Å². The lowest BCUT2D eigenvalue weighted by molar-refractivity contribution is -0.142. The maximum atomic E-state index is 13.1. The zero-order chi connectivity index (χ0) is 22.2. The molecule has 31 heavy (non-hydrogen) atoms. The Morgan fingerprint density at radius 1 is 1.06 bits per heavy atom. The first-order chi connectivity index (χ1) is 14.9. The van der Waals surface area contributed by atoms with Crippen molar-refractivity contribution in [3.05, 3.63) is 64.1 Å². The molecule has 1 saturated carbocycles. The van der Waals surface area contributed by atoms with Crippen molar-refractivity contribution in [1.82, 2.24) is 10.2 Å². The highest BCUT2D eigenvalue weighted by atomic mass is 79.9. The zero-order valence-electron chi connectivity index (χ0n) is 18.3. The number of hydrogen-bond donors (Lipinski definition) is 1. The minimum Gasteiger partial charge on any atom is -0.484 e. The van der Waals surface area contributed by atoms with Crippen LogP contribution in [0.15, 0.2) is 53.0 Å². The van der Waals surface area contributed by atoms with Gasteiger partial charge in [0.1, 0.15) is 11.8 Å². The Balaban J connectivity index is 1.69. The second kappa shape index (κ2) is 11.3. The Morgan fingerprint density at radius 2 is 1.71 bits per heavy atom. The van der Waals surface area contributed by atoms with Crippen molar-refractivity contribution in [1.29, 1.82) is 0 Å². The van der Waals surface area contributed by atoms with Crippen molar-refractivity contribution in [2.45, 2.75) is 64.6 Å². The molecule has 2 amide bonds. The topological polar surface area (TPSA) is 58.6 Å². The quantitative estimate of drug-likeness (QED) is 0.570. The van der Waals surface area contributed by atoms with Crippen LogP contribution in [0.5, 0.6) is 5.75 Å². The minimum atomic E-state index is -0.584. The number of hydrogen-bond acceptors (Lipinski definition) is 3. The molecule has 0 saturated heterocycles. The van der Waals surface area contributed by atoms with E-state index in [1.165, 1.54) is 6.42 Å². The van der Waals surface area contributed by atoms with Gasteiger partial charge in [-0.1, -0.05) is 65.0 Å². The van der Waals surface area contributed by atoms with Crippen molar-refractivity contribution < 1.29 is 14.3 Å². The van der Waals surface area contributed by atoms with E-state index in [4.69, 9.17) is 4.74 Å². The van der Waals surface area contributed by atoms with Crippen molar-refractivity contribution in [2.24, 2.45) is 0 Å². The molecule has 0 aromatic heterocycles. The molecule has 2 aromatic carbocycles. The van der Waals surface area contributed by atoms with E-state index < -0.39 is 6.04 Å². The Labute approximate surface area is 193 Å². The first-order valence-electron chi connectivity index (χ1n) is 11.0. The van der Waals surface area contributed by atoms with E-state index >= 15 is 0 Å². The predicted octanol–water partition coefficient (Wildman–Crippen LogP) is 5.00. The summed E-state index contributed by atoms with van der Waals surface area (Å²) >= 11 is 3.44. The number of ether oxygens (including phenoxy) is 1. The molecule has 5 nitrogen and oxygen atoms in total. The van der Waals surface area contributed by atoms with Gasteiger partial charge in [0, 0.05) is 17.1 Å². The van der Waals surface area contributed by atoms with Crippen molar-refractivity contribution in [3.8, 4) is 5.75 Å². The molecular formula is C25H31BrN2O3. The van der Waals surface area contributed by atoms with Crippen LogP contribution in [0.4, 0.5) is 0 Å². The van der Waals surface area contributed by atoms with Crippen LogP contribution in [0, 0.1) is 6.92 Å². The third-order valence-electron chi connectivity index (χ3n) is 5.77. The summed E-state index contributed by atoms with van der Waals surface area (Å²) < 4.78 is 6.68. The third kappa shape index (κ3) is 7.10. The normalized spacial score (nSPS) is 15.2. The van der Waals surface area contributed by atoms with Crippen molar-refractivity contribution in [3.63, 3.8) is 0 Å². The van der Waals surface area contributed by atoms with Gasteiger partial charge in [-0.25, -0.2) is 0 Å². The second-order valence-electron chi connectivity index (χ2n) is 8.27. The van der Waals surface area contributed by atoms with Gasteiger partial charge in [-0.2, -0.15) is 0 Å². The third-order valence-corrected chi connectivity index (χ3v) is 6.30. The lowest BCUT2D eigenvalue weighted by Crippen LogP contribution is -2.51. The Morgan fingerprint density at radius 3 is 2.35 bits per heavy atom. The Bertz CT molecular complexity index is 861. The SMILES string of the molecule is Cc1ccc(OCC(=O)N(Cc2ccc(Br)cc2)C(C)C(=O)NC2CCCCC2)cc1. The van der Waals surface area contributed by atoms with Crippen LogP contribution in [0.1, 0.15) is 50.2 Å². The summed E-state index contributed by atoms with van der Waals surface area (Å²) in [6, 6.07) is 15.0. The van der Waals surface area contributed by atoms with E-state index in [2.05, 4.69) is 21.2 Å². The average Bonchev–Trinajstić information content (AvgIpc) is 2.78. The molecule has 6 heteroatoms. The van der Waals surface area contributed by atoms with E-state index in [0.717, 1.165) is 41.3 Å². The number of amides is 2. The highest BCUT2D eigenvalue weighted by molar-refractivity contribution is 9.10. The monoisotopic (exact) mass is 486 g/mol. The molecule has 1 aliphatic carbocycles. The number of nitrogens with zero attached hydrogens (tertiary/aromatic N) is 1. The molecule has 1 fully saturated rings. The minimum absolute atomic E-state index is 0.104. The molecule has 1 aliphatic rings. The van der Waals surface area contributed by atoms with Gasteiger partial charge in [-0.15, -0.1) is 0 Å². The van der Waals surface area contributed by atoms with Crippen LogP contribution < -0.4 is 10.1 Å². The van der Waals surface area contributed by atoms with Gasteiger partial charge in [0.25, 0.3) is 5.91 Å². The number of nitrogens with one attached hydrogen (secondary N) is 1. The second-order valence-corrected chi connectivity index (χ2v) is 9.19. The molecule has 166 valence electrons. The number of benzene rings is 2. The van der Waals surface area contributed by atoms with Crippen LogP contribution in [0.3, 0.4) is 0 Å². The number of halogens is 1. The maximum absolute atomic E-state index is 13.1. The lowest BCUT2D eigenvalue weighted by Gasteiger charge is -2.31. The summed E-state index contributed by atoms with van der Waals surface area (Å²) in [6.07, 6.45) is 5.54. The summed E-state index contributed by atoms with van der Waals surface area (Å²) in [6.45, 7) is 4.03. The van der Waals surface area contributed by atoms with Gasteiger partial charge >= 0.3 is 0 Å². The van der Waals surface area contributed by atoms with Crippen LogP contribution in [-0.2, 0) is 16.1 Å². The number of carbonyl (C=O) groups excluding carboxylic acids is 2. The molecule has 0 spiro atoms. The standard InChI is InChI=1S/C25H31BrN2O3/c1-18-8-14-23(15-9-18)31-17-24(29)28(16-20-10-12-21(26)13-11-20)19(2)25(30)27-22-6-4-3-5-7-22/h8-15,19,22H,3-7,16-17H2,1-2H3,(H,27,30). The fourth-order valence-corrected chi connectivity index (χ4v) is 4.06. The molecule has 0 aliphatic heterocycles. The van der Waals surface area contributed by atoms with E-state index in [1.807, 2.05) is 55.5 Å². The average molecular weight is 487 g/mol. The predicted molar refractivity (Wildman–Crippen MR) is 126 cm³/mol. The van der Waals surface area contributed by atoms with Gasteiger partial charge < -0.3 is 15.0 Å². The molecular weight excluding hydrogens is 456 g/mol. The molecule has 3 rings (SSSR count). The maximum Gasteiger partial charge on any atom is 0.261 e. The molecule has 1 unspecified atom stereocenters. The summed E-state index contributed by atoms with van der Waals surface area (Å²) in [5.74, 6) is 0.323. The molecule has 0 bridgehead atoms. The molecule has 1 N–H and O–H groups in total. The van der Waals surface area contributed by atoms with Crippen molar-refractivity contribution in [2.75, 3.05) is 6.61 Å². The van der Waals surface area contributed by atoms with E-state index in [-0.39, 0.29) is 24.5 Å². The number of aryl methyl sites for hydroxylation is 1. The molecule has 1 atom stereocenters. The van der Waals surface area contributed by atoms with Crippen LogP contribution in [-0.4, -0.2) is 35.4 Å². The van der Waals surface area contributed by atoms with E-state index in [1.54, 1.807) is 11.8 Å². The lowest BCUT2D eigenvalue weighted by atomic mass is 9.95. The summed E-state index contributed by atoms with van der Waals surface area (Å²) in [5.41, 5.74) is 2.09. The zero-order valence-corrected chi connectivity index (χ0v) is 19.9. The fourth-order valence-electron chi connectivity index (χ4n) is 3.80. The smallest absolute Gasteiger partial charge is 0.261 e. The Kier molecular flexibility index (Phi) is 8.52. The molecule has 2 aromatic rings. The molecule has 0 radical (unpaired) electrons. The largest absolute Gasteiger partial charge is 0.484 e. The first kappa shape index (κ1) is 23.3. The van der Waals surface area contributed by atoms with E-state index in [9.17, 15) is 9.59 Å². The van der Waals surface area contributed by atoms with Gasteiger partial charge in [0.05, 0.1) is 0 Å². The number of rotatable bonds is 8. The highest BCUT2D eigenvalue weighted by Crippen LogP contribution is 2.19. The van der Waals surface area contributed by atoms with Gasteiger partial charge in [-0.3, -0.25) is 9.59 Å². The van der Waals surface area contributed by atoms with Crippen LogP contribution in [0.2, 0.25) is 0 Å². The van der Waals surface area contributed by atoms with E-state index in [0.29, 0.717) is 12.3 Å². The van der Waals surface area contributed by atoms with Crippen LogP contribution >= 0.6 is 15.9 Å². The number of carbonyl (C=O) groups is 2. The first-order valence-corrected chi connectivity index (χ1v) is 11.8. The summed E-state index contributed by atoms with van der Waals surface area (Å²) in [7, 11) is 0. The highest BCUT2D eigenvalue weighted by Gasteiger charge is 2.28. The summed E-state index contributed by atoms with van der Waals surface area (Å²) in [5, 5.41) is 3.15. The summed E-state index contributed by atoms with van der Waals surface area (Å²) in [4.78, 5) is 27.7.